The van der Waals surface area contributed by atoms with E-state index in [-0.39, 0.29) is 5.82 Å². The third kappa shape index (κ3) is 4.37. The number of carbonyl (C=O) groups excluding carboxylic acids is 1. The molecule has 0 bridgehead atoms. The minimum atomic E-state index is -0.648. The molecule has 0 spiro atoms. The second kappa shape index (κ2) is 9.33. The SMILES string of the molecule is COC(=O)c1nc(-c2cccc(-c3ccccn3)n2)cc(-c2cccc(-c3ccccn3)n2)n1. The van der Waals surface area contributed by atoms with Crippen molar-refractivity contribution in [1.82, 2.24) is 29.9 Å². The van der Waals surface area contributed by atoms with Crippen LogP contribution < -0.4 is 0 Å². The highest BCUT2D eigenvalue weighted by molar-refractivity contribution is 5.86. The Morgan fingerprint density at radius 1 is 0.559 bits per heavy atom. The Hall–Kier alpha value is -4.85. The molecule has 5 heterocycles. The van der Waals surface area contributed by atoms with E-state index in [4.69, 9.17) is 14.7 Å². The highest BCUT2D eigenvalue weighted by Gasteiger charge is 2.17. The van der Waals surface area contributed by atoms with Crippen molar-refractivity contribution in [1.29, 1.82) is 0 Å². The van der Waals surface area contributed by atoms with Crippen molar-refractivity contribution >= 4 is 5.97 Å². The first-order chi connectivity index (χ1) is 16.7. The minimum Gasteiger partial charge on any atom is -0.463 e. The van der Waals surface area contributed by atoms with Gasteiger partial charge in [0, 0.05) is 12.4 Å². The first kappa shape index (κ1) is 21.0. The molecule has 8 heteroatoms. The molecule has 0 atom stereocenters. The second-order valence-electron chi connectivity index (χ2n) is 7.20. The van der Waals surface area contributed by atoms with Crippen molar-refractivity contribution in [3.05, 3.63) is 97.1 Å². The fraction of sp³-hybridized carbons (Fsp3) is 0.0385. The van der Waals surface area contributed by atoms with Crippen LogP contribution in [0, 0.1) is 0 Å². The van der Waals surface area contributed by atoms with Crippen LogP contribution in [0.4, 0.5) is 0 Å². The molecule has 0 radical (unpaired) electrons. The minimum absolute atomic E-state index is 0.0786. The van der Waals surface area contributed by atoms with Gasteiger partial charge < -0.3 is 4.74 Å². The number of pyridine rings is 4. The van der Waals surface area contributed by atoms with Crippen molar-refractivity contribution in [3.63, 3.8) is 0 Å². The summed E-state index contributed by atoms with van der Waals surface area (Å²) in [6.45, 7) is 0. The molecule has 0 aliphatic carbocycles. The molecular weight excluding hydrogens is 428 g/mol. The van der Waals surface area contributed by atoms with Gasteiger partial charge in [0.2, 0.25) is 5.82 Å². The standard InChI is InChI=1S/C26H18N6O2/c1-34-26(33)25-31-23(21-12-6-10-19(29-21)17-8-2-4-14-27-17)16-24(32-25)22-13-7-11-20(30-22)18-9-3-5-15-28-18/h2-16H,1H3. The van der Waals surface area contributed by atoms with Crippen LogP contribution >= 0.6 is 0 Å². The number of ether oxygens (including phenoxy) is 1. The maximum absolute atomic E-state index is 12.3. The van der Waals surface area contributed by atoms with Crippen LogP contribution in [-0.4, -0.2) is 43.0 Å². The number of nitrogens with zero attached hydrogens (tertiary/aromatic N) is 6. The first-order valence-corrected chi connectivity index (χ1v) is 10.5. The third-order valence-electron chi connectivity index (χ3n) is 4.97. The summed E-state index contributed by atoms with van der Waals surface area (Å²) in [7, 11) is 1.29. The lowest BCUT2D eigenvalue weighted by molar-refractivity contribution is 0.0587. The van der Waals surface area contributed by atoms with Gasteiger partial charge >= 0.3 is 5.97 Å². The largest absolute Gasteiger partial charge is 0.463 e. The van der Waals surface area contributed by atoms with E-state index in [1.54, 1.807) is 18.5 Å². The van der Waals surface area contributed by atoms with E-state index < -0.39 is 5.97 Å². The molecule has 8 nitrogen and oxygen atoms in total. The summed E-state index contributed by atoms with van der Waals surface area (Å²) in [6, 6.07) is 24.1. The Bertz CT molecular complexity index is 1360. The van der Waals surface area contributed by atoms with Crippen LogP contribution in [0.25, 0.3) is 45.6 Å². The van der Waals surface area contributed by atoms with Crippen molar-refractivity contribution in [2.45, 2.75) is 0 Å². The summed E-state index contributed by atoms with van der Waals surface area (Å²) in [5.41, 5.74) is 4.91. The van der Waals surface area contributed by atoms with Gasteiger partial charge in [-0.1, -0.05) is 24.3 Å². The van der Waals surface area contributed by atoms with Crippen LogP contribution in [0.5, 0.6) is 0 Å². The Balaban J connectivity index is 1.62. The summed E-state index contributed by atoms with van der Waals surface area (Å²) < 4.78 is 4.88. The molecule has 5 rings (SSSR count). The van der Waals surface area contributed by atoms with Gasteiger partial charge in [-0.3, -0.25) is 9.97 Å². The fourth-order valence-electron chi connectivity index (χ4n) is 3.36. The van der Waals surface area contributed by atoms with Crippen LogP contribution in [0.1, 0.15) is 10.6 Å². The van der Waals surface area contributed by atoms with Gasteiger partial charge in [0.05, 0.1) is 52.7 Å². The number of carbonyl (C=O) groups is 1. The summed E-state index contributed by atoms with van der Waals surface area (Å²) in [6.07, 6.45) is 3.42. The summed E-state index contributed by atoms with van der Waals surface area (Å²) >= 11 is 0. The van der Waals surface area contributed by atoms with Crippen LogP contribution in [-0.2, 0) is 4.74 Å². The summed E-state index contributed by atoms with van der Waals surface area (Å²) in [4.78, 5) is 39.3. The van der Waals surface area contributed by atoms with Crippen molar-refractivity contribution in [3.8, 4) is 45.6 Å². The van der Waals surface area contributed by atoms with Crippen LogP contribution in [0.15, 0.2) is 91.3 Å². The molecule has 0 N–H and O–H groups in total. The average molecular weight is 446 g/mol. The molecule has 164 valence electrons. The Morgan fingerprint density at radius 2 is 1.00 bits per heavy atom. The van der Waals surface area contributed by atoms with Crippen molar-refractivity contribution in [2.24, 2.45) is 0 Å². The number of rotatable bonds is 5. The molecule has 0 fully saturated rings. The zero-order valence-corrected chi connectivity index (χ0v) is 18.2. The van der Waals surface area contributed by atoms with E-state index in [0.29, 0.717) is 34.2 Å². The van der Waals surface area contributed by atoms with E-state index in [2.05, 4.69) is 19.9 Å². The fourth-order valence-corrected chi connectivity index (χ4v) is 3.36. The lowest BCUT2D eigenvalue weighted by atomic mass is 10.1. The zero-order valence-electron chi connectivity index (χ0n) is 18.2. The smallest absolute Gasteiger partial charge is 0.376 e. The van der Waals surface area contributed by atoms with E-state index in [1.807, 2.05) is 72.8 Å². The van der Waals surface area contributed by atoms with Gasteiger partial charge in [0.1, 0.15) is 0 Å². The van der Waals surface area contributed by atoms with E-state index in [1.165, 1.54) is 7.11 Å². The zero-order chi connectivity index (χ0) is 23.3. The van der Waals surface area contributed by atoms with Crippen molar-refractivity contribution in [2.75, 3.05) is 7.11 Å². The number of aromatic nitrogens is 6. The Labute approximate surface area is 195 Å². The number of hydrogen-bond acceptors (Lipinski definition) is 8. The van der Waals surface area contributed by atoms with Crippen LogP contribution in [0.3, 0.4) is 0 Å². The Kier molecular flexibility index (Phi) is 5.77. The quantitative estimate of drug-likeness (QED) is 0.363. The molecule has 0 aliphatic heterocycles. The molecule has 0 unspecified atom stereocenters. The molecular formula is C26H18N6O2. The van der Waals surface area contributed by atoms with Gasteiger partial charge in [0.15, 0.2) is 0 Å². The maximum Gasteiger partial charge on any atom is 0.376 e. The van der Waals surface area contributed by atoms with Gasteiger partial charge in [-0.25, -0.2) is 24.7 Å². The van der Waals surface area contributed by atoms with E-state index >= 15 is 0 Å². The molecule has 0 saturated carbocycles. The van der Waals surface area contributed by atoms with Crippen molar-refractivity contribution < 1.29 is 9.53 Å². The first-order valence-electron chi connectivity index (χ1n) is 10.5. The molecule has 5 aromatic heterocycles. The molecule has 0 amide bonds. The molecule has 34 heavy (non-hydrogen) atoms. The van der Waals surface area contributed by atoms with Gasteiger partial charge in [-0.2, -0.15) is 0 Å². The molecule has 0 aliphatic rings. The number of hydrogen-bond donors (Lipinski definition) is 0. The predicted octanol–water partition coefficient (Wildman–Crippen LogP) is 4.51. The number of esters is 1. The normalized spacial score (nSPS) is 10.6. The molecule has 0 aromatic carbocycles. The number of methoxy groups -OCH3 is 1. The summed E-state index contributed by atoms with van der Waals surface area (Å²) in [5, 5.41) is 0. The van der Waals surface area contributed by atoms with E-state index in [0.717, 1.165) is 11.4 Å². The van der Waals surface area contributed by atoms with Gasteiger partial charge in [-0.15, -0.1) is 0 Å². The Morgan fingerprint density at radius 3 is 1.41 bits per heavy atom. The highest BCUT2D eigenvalue weighted by Crippen LogP contribution is 2.25. The lowest BCUT2D eigenvalue weighted by Gasteiger charge is -2.09. The molecule has 0 saturated heterocycles. The lowest BCUT2D eigenvalue weighted by Crippen LogP contribution is -2.09. The highest BCUT2D eigenvalue weighted by atomic mass is 16.5. The second-order valence-corrected chi connectivity index (χ2v) is 7.20. The molecule has 5 aromatic rings. The predicted molar refractivity (Wildman–Crippen MR) is 126 cm³/mol. The maximum atomic E-state index is 12.3. The van der Waals surface area contributed by atoms with Crippen LogP contribution in [0.2, 0.25) is 0 Å². The van der Waals surface area contributed by atoms with Gasteiger partial charge in [-0.05, 0) is 54.6 Å². The topological polar surface area (TPSA) is 104 Å². The van der Waals surface area contributed by atoms with Gasteiger partial charge in [0.25, 0.3) is 0 Å². The monoisotopic (exact) mass is 446 g/mol. The average Bonchev–Trinajstić information content (AvgIpc) is 2.93. The van der Waals surface area contributed by atoms with E-state index in [9.17, 15) is 4.79 Å². The summed E-state index contributed by atoms with van der Waals surface area (Å²) in [5.74, 6) is -0.727. The third-order valence-corrected chi connectivity index (χ3v) is 4.97.